The van der Waals surface area contributed by atoms with E-state index in [4.69, 9.17) is 0 Å². The number of rotatable bonds is 2. The summed E-state index contributed by atoms with van der Waals surface area (Å²) < 4.78 is 4.67. The lowest BCUT2D eigenvalue weighted by molar-refractivity contribution is -0.144. The van der Waals surface area contributed by atoms with Crippen LogP contribution in [0.4, 0.5) is 0 Å². The fraction of sp³-hybridized carbons (Fsp3) is 0.875. The van der Waals surface area contributed by atoms with Gasteiger partial charge in [0.1, 0.15) is 0 Å². The number of carbonyl (C=O) groups is 1. The molecular weight excluding hydrogens is 160 g/mol. The molecule has 1 aliphatic heterocycles. The van der Waals surface area contributed by atoms with Gasteiger partial charge in [0.05, 0.1) is 13.0 Å². The number of thioether (sulfide) groups is 1. The fourth-order valence-corrected chi connectivity index (χ4v) is 2.70. The van der Waals surface area contributed by atoms with Crippen molar-refractivity contribution in [2.75, 3.05) is 12.9 Å². The molecule has 0 radical (unpaired) electrons. The Kier molecular flexibility index (Phi) is 3.24. The average Bonchev–Trinajstić information content (AvgIpc) is 2.53. The number of carbonyl (C=O) groups excluding carboxylic acids is 1. The van der Waals surface area contributed by atoms with Gasteiger partial charge in [-0.05, 0) is 18.6 Å². The Morgan fingerprint density at radius 3 is 2.91 bits per heavy atom. The van der Waals surface area contributed by atoms with Crippen molar-refractivity contribution in [2.24, 2.45) is 5.92 Å². The number of hydrogen-bond donors (Lipinski definition) is 0. The van der Waals surface area contributed by atoms with Crippen LogP contribution >= 0.6 is 11.8 Å². The predicted octanol–water partition coefficient (Wildman–Crippen LogP) is 1.69. The molecule has 11 heavy (non-hydrogen) atoms. The normalized spacial score (nSPS) is 26.5. The molecule has 0 N–H and O–H groups in total. The summed E-state index contributed by atoms with van der Waals surface area (Å²) in [5, 5.41) is 0.502. The van der Waals surface area contributed by atoms with Gasteiger partial charge in [0.25, 0.3) is 0 Å². The van der Waals surface area contributed by atoms with Crippen LogP contribution in [-0.4, -0.2) is 24.1 Å². The molecule has 2 atom stereocenters. The van der Waals surface area contributed by atoms with Crippen molar-refractivity contribution in [3.63, 3.8) is 0 Å². The zero-order chi connectivity index (χ0) is 8.27. The molecule has 1 saturated heterocycles. The minimum Gasteiger partial charge on any atom is -0.469 e. The third-order valence-corrected chi connectivity index (χ3v) is 3.69. The van der Waals surface area contributed by atoms with Crippen molar-refractivity contribution < 1.29 is 9.53 Å². The lowest BCUT2D eigenvalue weighted by Gasteiger charge is -2.14. The van der Waals surface area contributed by atoms with Crippen molar-refractivity contribution in [1.82, 2.24) is 0 Å². The summed E-state index contributed by atoms with van der Waals surface area (Å²) in [7, 11) is 1.46. The molecule has 64 valence electrons. The summed E-state index contributed by atoms with van der Waals surface area (Å²) in [6.07, 6.45) is 2.41. The molecule has 0 saturated carbocycles. The standard InChI is InChI=1S/C8H14O2S/c1-6(8(9)10-2)7-4-3-5-11-7/h6-7H,3-5H2,1-2H3. The minimum atomic E-state index is -0.0654. The van der Waals surface area contributed by atoms with E-state index < -0.39 is 0 Å². The number of esters is 1. The van der Waals surface area contributed by atoms with E-state index in [1.807, 2.05) is 18.7 Å². The summed E-state index contributed by atoms with van der Waals surface area (Å²) >= 11 is 1.89. The highest BCUT2D eigenvalue weighted by Crippen LogP contribution is 2.32. The molecule has 1 rings (SSSR count). The van der Waals surface area contributed by atoms with E-state index >= 15 is 0 Å². The lowest BCUT2D eigenvalue weighted by Crippen LogP contribution is -2.22. The van der Waals surface area contributed by atoms with Gasteiger partial charge < -0.3 is 4.74 Å². The van der Waals surface area contributed by atoms with E-state index in [1.165, 1.54) is 25.7 Å². The number of hydrogen-bond acceptors (Lipinski definition) is 3. The van der Waals surface area contributed by atoms with Crippen LogP contribution < -0.4 is 0 Å². The Morgan fingerprint density at radius 2 is 2.45 bits per heavy atom. The van der Waals surface area contributed by atoms with E-state index in [1.54, 1.807) is 0 Å². The molecule has 0 amide bonds. The SMILES string of the molecule is COC(=O)C(C)C1CCCS1. The smallest absolute Gasteiger partial charge is 0.309 e. The highest BCUT2D eigenvalue weighted by atomic mass is 32.2. The van der Waals surface area contributed by atoms with E-state index in [2.05, 4.69) is 4.74 Å². The maximum absolute atomic E-state index is 11.1. The van der Waals surface area contributed by atoms with Crippen molar-refractivity contribution in [2.45, 2.75) is 25.0 Å². The summed E-state index contributed by atoms with van der Waals surface area (Å²) in [5.41, 5.74) is 0. The van der Waals surface area contributed by atoms with Crippen LogP contribution in [0.25, 0.3) is 0 Å². The summed E-state index contributed by atoms with van der Waals surface area (Å²) in [4.78, 5) is 11.1. The Hall–Kier alpha value is -0.180. The van der Waals surface area contributed by atoms with Crippen LogP contribution in [0, 0.1) is 5.92 Å². The van der Waals surface area contributed by atoms with Crippen LogP contribution in [0.15, 0.2) is 0 Å². The molecule has 0 aliphatic carbocycles. The van der Waals surface area contributed by atoms with Crippen LogP contribution in [-0.2, 0) is 9.53 Å². The molecule has 3 heteroatoms. The van der Waals surface area contributed by atoms with Gasteiger partial charge in [0.2, 0.25) is 0 Å². The minimum absolute atomic E-state index is 0.0654. The molecule has 2 unspecified atom stereocenters. The molecule has 0 aromatic rings. The van der Waals surface area contributed by atoms with Crippen molar-refractivity contribution in [3.05, 3.63) is 0 Å². The molecule has 0 bridgehead atoms. The Balaban J connectivity index is 2.39. The third-order valence-electron chi connectivity index (χ3n) is 2.10. The number of methoxy groups -OCH3 is 1. The van der Waals surface area contributed by atoms with Gasteiger partial charge in [-0.3, -0.25) is 4.79 Å². The van der Waals surface area contributed by atoms with Crippen LogP contribution in [0.5, 0.6) is 0 Å². The Bertz CT molecular complexity index is 141. The van der Waals surface area contributed by atoms with Crippen LogP contribution in [0.1, 0.15) is 19.8 Å². The van der Waals surface area contributed by atoms with Crippen LogP contribution in [0.3, 0.4) is 0 Å². The number of ether oxygens (including phenoxy) is 1. The second kappa shape index (κ2) is 4.00. The van der Waals surface area contributed by atoms with Gasteiger partial charge in [-0.15, -0.1) is 0 Å². The summed E-state index contributed by atoms with van der Waals surface area (Å²) in [5.74, 6) is 1.21. The fourth-order valence-electron chi connectivity index (χ4n) is 1.33. The first-order valence-electron chi connectivity index (χ1n) is 3.95. The second-order valence-electron chi connectivity index (χ2n) is 2.86. The molecule has 0 spiro atoms. The van der Waals surface area contributed by atoms with E-state index in [-0.39, 0.29) is 11.9 Å². The lowest BCUT2D eigenvalue weighted by atomic mass is 10.0. The van der Waals surface area contributed by atoms with E-state index in [0.717, 1.165) is 0 Å². The monoisotopic (exact) mass is 174 g/mol. The van der Waals surface area contributed by atoms with Crippen LogP contribution in [0.2, 0.25) is 0 Å². The largest absolute Gasteiger partial charge is 0.469 e. The van der Waals surface area contributed by atoms with E-state index in [0.29, 0.717) is 5.25 Å². The quantitative estimate of drug-likeness (QED) is 0.596. The van der Waals surface area contributed by atoms with E-state index in [9.17, 15) is 4.79 Å². The average molecular weight is 174 g/mol. The van der Waals surface area contributed by atoms with Crippen molar-refractivity contribution in [3.8, 4) is 0 Å². The first-order chi connectivity index (χ1) is 5.25. The summed E-state index contributed by atoms with van der Waals surface area (Å²) in [6, 6.07) is 0. The first-order valence-corrected chi connectivity index (χ1v) is 5.00. The zero-order valence-electron chi connectivity index (χ0n) is 7.00. The van der Waals surface area contributed by atoms with Gasteiger partial charge >= 0.3 is 5.97 Å². The highest BCUT2D eigenvalue weighted by Gasteiger charge is 2.27. The van der Waals surface area contributed by atoms with Gasteiger partial charge in [0.15, 0.2) is 0 Å². The molecule has 0 aromatic carbocycles. The molecule has 1 fully saturated rings. The van der Waals surface area contributed by atoms with Crippen molar-refractivity contribution in [1.29, 1.82) is 0 Å². The molecule has 1 heterocycles. The molecule has 0 aromatic heterocycles. The van der Waals surface area contributed by atoms with Gasteiger partial charge in [-0.2, -0.15) is 11.8 Å². The van der Waals surface area contributed by atoms with Gasteiger partial charge in [-0.1, -0.05) is 6.92 Å². The zero-order valence-corrected chi connectivity index (χ0v) is 7.82. The predicted molar refractivity (Wildman–Crippen MR) is 46.7 cm³/mol. The summed E-state index contributed by atoms with van der Waals surface area (Å²) in [6.45, 7) is 1.95. The first kappa shape index (κ1) is 8.91. The van der Waals surface area contributed by atoms with Crippen molar-refractivity contribution >= 4 is 17.7 Å². The Labute approximate surface area is 71.7 Å². The highest BCUT2D eigenvalue weighted by molar-refractivity contribution is 8.00. The van der Waals surface area contributed by atoms with Gasteiger partial charge in [-0.25, -0.2) is 0 Å². The third kappa shape index (κ3) is 2.12. The maximum atomic E-state index is 11.1. The Morgan fingerprint density at radius 1 is 1.73 bits per heavy atom. The second-order valence-corrected chi connectivity index (χ2v) is 4.21. The molecule has 1 aliphatic rings. The molecular formula is C8H14O2S. The molecule has 2 nitrogen and oxygen atoms in total. The maximum Gasteiger partial charge on any atom is 0.309 e. The topological polar surface area (TPSA) is 26.3 Å². The van der Waals surface area contributed by atoms with Gasteiger partial charge in [0, 0.05) is 5.25 Å².